The van der Waals surface area contributed by atoms with Crippen molar-refractivity contribution in [1.82, 2.24) is 10.3 Å². The number of pyridine rings is 1. The molecule has 2 rings (SSSR count). The molecule has 0 radical (unpaired) electrons. The van der Waals surface area contributed by atoms with Crippen molar-refractivity contribution in [3.8, 4) is 11.6 Å². The topological polar surface area (TPSA) is 43.4 Å². The van der Waals surface area contributed by atoms with Gasteiger partial charge in [0.05, 0.1) is 12.8 Å². The van der Waals surface area contributed by atoms with Crippen molar-refractivity contribution in [2.45, 2.75) is 20.1 Å². The van der Waals surface area contributed by atoms with Gasteiger partial charge in [-0.1, -0.05) is 13.0 Å². The van der Waals surface area contributed by atoms with Gasteiger partial charge in [-0.05, 0) is 30.3 Å². The van der Waals surface area contributed by atoms with Gasteiger partial charge in [-0.2, -0.15) is 0 Å². The molecule has 5 heteroatoms. The van der Waals surface area contributed by atoms with Gasteiger partial charge in [-0.3, -0.25) is 0 Å². The van der Waals surface area contributed by atoms with Gasteiger partial charge < -0.3 is 14.8 Å². The lowest BCUT2D eigenvalue weighted by Crippen LogP contribution is -2.12. The van der Waals surface area contributed by atoms with E-state index in [1.807, 2.05) is 25.1 Å². The molecule has 0 fully saturated rings. The highest BCUT2D eigenvalue weighted by Gasteiger charge is 2.04. The van der Waals surface area contributed by atoms with E-state index in [9.17, 15) is 4.39 Å². The lowest BCUT2D eigenvalue weighted by Gasteiger charge is -2.09. The van der Waals surface area contributed by atoms with Crippen LogP contribution in [0.1, 0.15) is 18.2 Å². The van der Waals surface area contributed by atoms with Crippen LogP contribution in [-0.2, 0) is 13.2 Å². The van der Waals surface area contributed by atoms with Crippen LogP contribution in [-0.4, -0.2) is 18.6 Å². The van der Waals surface area contributed by atoms with Crippen LogP contribution in [0, 0.1) is 5.82 Å². The molecule has 0 saturated heterocycles. The third-order valence-corrected chi connectivity index (χ3v) is 2.89. The van der Waals surface area contributed by atoms with Crippen molar-refractivity contribution in [2.24, 2.45) is 0 Å². The first kappa shape index (κ1) is 15.3. The molecule has 0 unspecified atom stereocenters. The first-order chi connectivity index (χ1) is 10.2. The quantitative estimate of drug-likeness (QED) is 0.851. The monoisotopic (exact) mass is 290 g/mol. The van der Waals surface area contributed by atoms with Crippen LogP contribution in [0.15, 0.2) is 36.4 Å². The predicted molar refractivity (Wildman–Crippen MR) is 78.9 cm³/mol. The first-order valence-corrected chi connectivity index (χ1v) is 6.84. The van der Waals surface area contributed by atoms with E-state index >= 15 is 0 Å². The number of nitrogens with zero attached hydrogens (tertiary/aromatic N) is 1. The molecule has 2 aromatic rings. The van der Waals surface area contributed by atoms with Crippen LogP contribution in [0.25, 0.3) is 0 Å². The average molecular weight is 290 g/mol. The van der Waals surface area contributed by atoms with Gasteiger partial charge >= 0.3 is 0 Å². The lowest BCUT2D eigenvalue weighted by molar-refractivity contribution is 0.296. The Bertz CT molecular complexity index is 590. The maximum Gasteiger partial charge on any atom is 0.213 e. The van der Waals surface area contributed by atoms with E-state index in [-0.39, 0.29) is 12.4 Å². The van der Waals surface area contributed by atoms with Crippen LogP contribution < -0.4 is 14.8 Å². The second-order valence-electron chi connectivity index (χ2n) is 4.54. The number of hydrogen-bond acceptors (Lipinski definition) is 4. The molecule has 1 aromatic carbocycles. The Kier molecular flexibility index (Phi) is 5.51. The number of methoxy groups -OCH3 is 1. The van der Waals surface area contributed by atoms with E-state index in [1.54, 1.807) is 13.2 Å². The minimum atomic E-state index is -0.306. The number of aromatic nitrogens is 1. The summed E-state index contributed by atoms with van der Waals surface area (Å²) < 4.78 is 24.2. The lowest BCUT2D eigenvalue weighted by atomic mass is 10.2. The molecular formula is C16H19FN2O2. The summed E-state index contributed by atoms with van der Waals surface area (Å²) in [5.74, 6) is 0.717. The molecular weight excluding hydrogens is 271 g/mol. The van der Waals surface area contributed by atoms with Gasteiger partial charge in [0.1, 0.15) is 18.2 Å². The molecule has 0 aliphatic carbocycles. The molecule has 112 valence electrons. The van der Waals surface area contributed by atoms with Gasteiger partial charge in [-0.15, -0.1) is 0 Å². The Morgan fingerprint density at radius 3 is 2.86 bits per heavy atom. The summed E-state index contributed by atoms with van der Waals surface area (Å²) in [6, 6.07) is 10.1. The third kappa shape index (κ3) is 4.72. The van der Waals surface area contributed by atoms with Crippen molar-refractivity contribution in [2.75, 3.05) is 13.7 Å². The molecule has 1 N–H and O–H groups in total. The molecule has 0 aliphatic rings. The highest BCUT2D eigenvalue weighted by molar-refractivity contribution is 5.30. The maximum atomic E-state index is 13.6. The van der Waals surface area contributed by atoms with Gasteiger partial charge in [0.2, 0.25) is 5.88 Å². The Balaban J connectivity index is 2.03. The maximum absolute atomic E-state index is 13.6. The smallest absolute Gasteiger partial charge is 0.213 e. The number of benzene rings is 1. The summed E-state index contributed by atoms with van der Waals surface area (Å²) in [6.45, 7) is 3.72. The highest BCUT2D eigenvalue weighted by atomic mass is 19.1. The fraction of sp³-hybridized carbons (Fsp3) is 0.312. The second-order valence-corrected chi connectivity index (χ2v) is 4.54. The highest BCUT2D eigenvalue weighted by Crippen LogP contribution is 2.18. The van der Waals surface area contributed by atoms with Gasteiger partial charge in [0.15, 0.2) is 0 Å². The van der Waals surface area contributed by atoms with Crippen LogP contribution in [0.5, 0.6) is 11.6 Å². The molecule has 1 heterocycles. The SMILES string of the molecule is CCNCc1cc(F)cc(OCc2cccc(OC)n2)c1. The van der Waals surface area contributed by atoms with Crippen molar-refractivity contribution in [3.05, 3.63) is 53.5 Å². The molecule has 0 amide bonds. The Morgan fingerprint density at radius 1 is 1.24 bits per heavy atom. The molecule has 0 aliphatic heterocycles. The van der Waals surface area contributed by atoms with E-state index in [1.165, 1.54) is 12.1 Å². The van der Waals surface area contributed by atoms with Crippen LogP contribution in [0.4, 0.5) is 4.39 Å². The van der Waals surface area contributed by atoms with Gasteiger partial charge in [0, 0.05) is 18.7 Å². The molecule has 0 atom stereocenters. The van der Waals surface area contributed by atoms with Crippen molar-refractivity contribution >= 4 is 0 Å². The number of ether oxygens (including phenoxy) is 2. The summed E-state index contributed by atoms with van der Waals surface area (Å²) in [7, 11) is 1.56. The fourth-order valence-electron chi connectivity index (χ4n) is 1.88. The first-order valence-electron chi connectivity index (χ1n) is 6.84. The summed E-state index contributed by atoms with van der Waals surface area (Å²) in [4.78, 5) is 4.25. The van der Waals surface area contributed by atoms with Crippen LogP contribution >= 0.6 is 0 Å². The number of hydrogen-bond donors (Lipinski definition) is 1. The number of halogens is 1. The van der Waals surface area contributed by atoms with Gasteiger partial charge in [-0.25, -0.2) is 9.37 Å². The molecule has 0 saturated carbocycles. The average Bonchev–Trinajstić information content (AvgIpc) is 2.50. The zero-order chi connectivity index (χ0) is 15.1. The van der Waals surface area contributed by atoms with E-state index in [4.69, 9.17) is 9.47 Å². The Hall–Kier alpha value is -2.14. The molecule has 4 nitrogen and oxygen atoms in total. The molecule has 0 spiro atoms. The number of nitrogens with one attached hydrogen (secondary N) is 1. The third-order valence-electron chi connectivity index (χ3n) is 2.89. The van der Waals surface area contributed by atoms with E-state index in [2.05, 4.69) is 10.3 Å². The van der Waals surface area contributed by atoms with E-state index < -0.39 is 0 Å². The van der Waals surface area contributed by atoms with Gasteiger partial charge in [0.25, 0.3) is 0 Å². The summed E-state index contributed by atoms with van der Waals surface area (Å²) in [5.41, 5.74) is 1.58. The Labute approximate surface area is 123 Å². The second kappa shape index (κ2) is 7.59. The van der Waals surface area contributed by atoms with Crippen molar-refractivity contribution in [3.63, 3.8) is 0 Å². The predicted octanol–water partition coefficient (Wildman–Crippen LogP) is 2.92. The normalized spacial score (nSPS) is 10.4. The number of rotatable bonds is 7. The summed E-state index contributed by atoms with van der Waals surface area (Å²) in [5, 5.41) is 3.16. The Morgan fingerprint density at radius 2 is 2.10 bits per heavy atom. The zero-order valence-corrected chi connectivity index (χ0v) is 12.2. The van der Waals surface area contributed by atoms with E-state index in [0.29, 0.717) is 18.2 Å². The minimum Gasteiger partial charge on any atom is -0.487 e. The van der Waals surface area contributed by atoms with Crippen molar-refractivity contribution in [1.29, 1.82) is 0 Å². The summed E-state index contributed by atoms with van der Waals surface area (Å²) in [6.07, 6.45) is 0. The minimum absolute atomic E-state index is 0.265. The summed E-state index contributed by atoms with van der Waals surface area (Å²) >= 11 is 0. The van der Waals surface area contributed by atoms with Crippen molar-refractivity contribution < 1.29 is 13.9 Å². The van der Waals surface area contributed by atoms with Crippen LogP contribution in [0.2, 0.25) is 0 Å². The fourth-order valence-corrected chi connectivity index (χ4v) is 1.88. The zero-order valence-electron chi connectivity index (χ0n) is 12.2. The standard InChI is InChI=1S/C16H19FN2O2/c1-3-18-10-12-7-13(17)9-15(8-12)21-11-14-5-4-6-16(19-14)20-2/h4-9,18H,3,10-11H2,1-2H3. The largest absolute Gasteiger partial charge is 0.487 e. The molecule has 1 aromatic heterocycles. The van der Waals surface area contributed by atoms with E-state index in [0.717, 1.165) is 17.8 Å². The molecule has 21 heavy (non-hydrogen) atoms. The molecule has 0 bridgehead atoms. The van der Waals surface area contributed by atoms with Crippen LogP contribution in [0.3, 0.4) is 0 Å².